The molecule has 2 N–H and O–H groups in total. The zero-order valence-electron chi connectivity index (χ0n) is 19.5. The molecule has 0 aliphatic rings. The fraction of sp³-hybridized carbons (Fsp3) is 0.292. The Balaban J connectivity index is 1.82. The van der Waals surface area contributed by atoms with Crippen LogP contribution in [0.2, 0.25) is 0 Å². The highest BCUT2D eigenvalue weighted by atomic mass is 19.4. The Morgan fingerprint density at radius 1 is 1.08 bits per heavy atom. The van der Waals surface area contributed by atoms with Crippen LogP contribution in [0, 0.1) is 0 Å². The van der Waals surface area contributed by atoms with E-state index in [9.17, 15) is 27.9 Å². The number of hydrogen-bond acceptors (Lipinski definition) is 6. The van der Waals surface area contributed by atoms with Gasteiger partial charge in [0, 0.05) is 12.6 Å². The molecule has 0 fully saturated rings. The molecular formula is C24H23F3N4O5. The number of ether oxygens (including phenoxy) is 2. The number of benzene rings is 2. The maximum absolute atomic E-state index is 13.2. The van der Waals surface area contributed by atoms with Crippen LogP contribution in [-0.4, -0.2) is 36.7 Å². The average molecular weight is 504 g/mol. The van der Waals surface area contributed by atoms with Crippen molar-refractivity contribution in [3.05, 3.63) is 74.9 Å². The molecular weight excluding hydrogens is 481 g/mol. The summed E-state index contributed by atoms with van der Waals surface area (Å²) in [6.07, 6.45) is -6.48. The summed E-state index contributed by atoms with van der Waals surface area (Å²) >= 11 is 0. The van der Waals surface area contributed by atoms with Crippen molar-refractivity contribution in [2.45, 2.75) is 39.0 Å². The quantitative estimate of drug-likeness (QED) is 0.399. The van der Waals surface area contributed by atoms with Gasteiger partial charge >= 0.3 is 12.1 Å². The molecule has 2 aromatic heterocycles. The van der Waals surface area contributed by atoms with Crippen LogP contribution in [0.3, 0.4) is 0 Å². The normalized spacial score (nSPS) is 13.5. The number of hydrogen-bond donors (Lipinski definition) is 2. The maximum Gasteiger partial charge on any atom is 0.573 e. The molecule has 190 valence electrons. The number of nitrogens with zero attached hydrogens (tertiary/aromatic N) is 3. The number of alkyl halides is 3. The highest BCUT2D eigenvalue weighted by Crippen LogP contribution is 2.38. The molecule has 36 heavy (non-hydrogen) atoms. The topological polar surface area (TPSA) is 111 Å². The standard InChI is InChI=1S/C24H23F3N4O5/c1-13(32)12-31-21-19(22(33)29-23(31)34)30(3)20(28-21)16-9-10-17(18(11-16)36-24(25,26)27)35-14(2)15-7-5-4-6-8-15/h4-11,13-14,32H,12H2,1-3H3,(H,29,33,34). The highest BCUT2D eigenvalue weighted by molar-refractivity contribution is 5.77. The molecule has 0 spiro atoms. The van der Waals surface area contributed by atoms with Gasteiger partial charge in [-0.1, -0.05) is 30.3 Å². The summed E-state index contributed by atoms with van der Waals surface area (Å²) in [6.45, 7) is 3.01. The third-order valence-corrected chi connectivity index (χ3v) is 5.46. The second kappa shape index (κ2) is 9.53. The Hall–Kier alpha value is -4.06. The van der Waals surface area contributed by atoms with Gasteiger partial charge in [0.15, 0.2) is 22.7 Å². The summed E-state index contributed by atoms with van der Waals surface area (Å²) in [6, 6.07) is 12.9. The van der Waals surface area contributed by atoms with Crippen LogP contribution in [0.1, 0.15) is 25.5 Å². The van der Waals surface area contributed by atoms with Gasteiger partial charge in [0.05, 0.1) is 12.6 Å². The lowest BCUT2D eigenvalue weighted by atomic mass is 10.1. The molecule has 2 atom stereocenters. The van der Waals surface area contributed by atoms with Crippen LogP contribution in [0.25, 0.3) is 22.6 Å². The first-order valence-corrected chi connectivity index (χ1v) is 10.9. The van der Waals surface area contributed by atoms with E-state index in [1.54, 1.807) is 31.2 Å². The van der Waals surface area contributed by atoms with E-state index in [1.165, 1.54) is 30.7 Å². The smallest absolute Gasteiger partial charge is 0.482 e. The van der Waals surface area contributed by atoms with Crippen LogP contribution in [-0.2, 0) is 13.6 Å². The number of halogens is 3. The van der Waals surface area contributed by atoms with Crippen molar-refractivity contribution in [2.24, 2.45) is 7.05 Å². The summed E-state index contributed by atoms with van der Waals surface area (Å²) < 4.78 is 52.2. The summed E-state index contributed by atoms with van der Waals surface area (Å²) in [5.74, 6) is -0.629. The van der Waals surface area contributed by atoms with Crippen molar-refractivity contribution in [3.63, 3.8) is 0 Å². The second-order valence-corrected chi connectivity index (χ2v) is 8.27. The molecule has 9 nitrogen and oxygen atoms in total. The van der Waals surface area contributed by atoms with Crippen LogP contribution in [0.15, 0.2) is 58.1 Å². The molecule has 4 aromatic rings. The molecule has 0 saturated heterocycles. The minimum atomic E-state index is -4.99. The fourth-order valence-corrected chi connectivity index (χ4v) is 3.87. The third kappa shape index (κ3) is 5.13. The van der Waals surface area contributed by atoms with Crippen molar-refractivity contribution in [2.75, 3.05) is 0 Å². The number of imidazole rings is 1. The zero-order chi connectivity index (χ0) is 26.2. The number of fused-ring (bicyclic) bond motifs is 1. The molecule has 2 aromatic carbocycles. The predicted molar refractivity (Wildman–Crippen MR) is 125 cm³/mol. The van der Waals surface area contributed by atoms with E-state index in [1.807, 2.05) is 6.07 Å². The van der Waals surface area contributed by atoms with Gasteiger partial charge in [-0.2, -0.15) is 0 Å². The van der Waals surface area contributed by atoms with Gasteiger partial charge in [-0.15, -0.1) is 13.2 Å². The number of nitrogens with one attached hydrogen (secondary N) is 1. The molecule has 0 bridgehead atoms. The molecule has 2 heterocycles. The molecule has 4 rings (SSSR count). The van der Waals surface area contributed by atoms with E-state index < -0.39 is 35.6 Å². The van der Waals surface area contributed by atoms with Crippen molar-refractivity contribution in [1.82, 2.24) is 19.1 Å². The number of aryl methyl sites for hydroxylation is 1. The van der Waals surface area contributed by atoms with E-state index in [0.717, 1.165) is 16.2 Å². The lowest BCUT2D eigenvalue weighted by Gasteiger charge is -2.19. The number of aromatic nitrogens is 4. The summed E-state index contributed by atoms with van der Waals surface area (Å²) in [5, 5.41) is 9.76. The van der Waals surface area contributed by atoms with Gasteiger partial charge in [-0.25, -0.2) is 9.78 Å². The largest absolute Gasteiger partial charge is 0.573 e. The number of aliphatic hydroxyl groups excluding tert-OH is 1. The molecule has 0 aliphatic heterocycles. The van der Waals surface area contributed by atoms with Crippen LogP contribution < -0.4 is 20.7 Å². The van der Waals surface area contributed by atoms with Gasteiger partial charge in [-0.3, -0.25) is 14.3 Å². The van der Waals surface area contributed by atoms with Crippen molar-refractivity contribution >= 4 is 11.2 Å². The molecule has 0 aliphatic carbocycles. The summed E-state index contributed by atoms with van der Waals surface area (Å²) in [5.41, 5.74) is -0.548. The van der Waals surface area contributed by atoms with Gasteiger partial charge in [0.2, 0.25) is 0 Å². The Kier molecular flexibility index (Phi) is 6.63. The first kappa shape index (κ1) is 25.0. The van der Waals surface area contributed by atoms with Gasteiger partial charge in [0.25, 0.3) is 5.56 Å². The lowest BCUT2D eigenvalue weighted by Crippen LogP contribution is -2.33. The number of H-pyrrole nitrogens is 1. The fourth-order valence-electron chi connectivity index (χ4n) is 3.87. The van der Waals surface area contributed by atoms with Crippen LogP contribution >= 0.6 is 0 Å². The number of aliphatic hydroxyl groups is 1. The third-order valence-electron chi connectivity index (χ3n) is 5.46. The zero-order valence-corrected chi connectivity index (χ0v) is 19.5. The molecule has 0 radical (unpaired) electrons. The minimum Gasteiger partial charge on any atom is -0.482 e. The van der Waals surface area contributed by atoms with E-state index in [-0.39, 0.29) is 34.8 Å². The average Bonchev–Trinajstić information content (AvgIpc) is 3.14. The molecule has 0 amide bonds. The molecule has 12 heteroatoms. The predicted octanol–water partition coefficient (Wildman–Crippen LogP) is 3.51. The minimum absolute atomic E-state index is 0.0153. The Labute approximate surface area is 202 Å². The molecule has 2 unspecified atom stereocenters. The van der Waals surface area contributed by atoms with Crippen molar-refractivity contribution in [1.29, 1.82) is 0 Å². The number of rotatable bonds is 7. The van der Waals surface area contributed by atoms with Gasteiger partial charge in [-0.05, 0) is 37.6 Å². The maximum atomic E-state index is 13.2. The van der Waals surface area contributed by atoms with Gasteiger partial charge in [0.1, 0.15) is 11.9 Å². The highest BCUT2D eigenvalue weighted by Gasteiger charge is 2.33. The number of aromatic amines is 1. The van der Waals surface area contributed by atoms with E-state index in [2.05, 4.69) is 14.7 Å². The molecule has 0 saturated carbocycles. The van der Waals surface area contributed by atoms with E-state index >= 15 is 0 Å². The summed E-state index contributed by atoms with van der Waals surface area (Å²) in [4.78, 5) is 31.3. The Morgan fingerprint density at radius 2 is 1.78 bits per heavy atom. The van der Waals surface area contributed by atoms with Crippen molar-refractivity contribution < 1.29 is 27.8 Å². The SMILES string of the molecule is CC(O)Cn1c(=O)[nH]c(=O)c2c1nc(-c1ccc(OC(C)c3ccccc3)c(OC(F)(F)F)c1)n2C. The monoisotopic (exact) mass is 504 g/mol. The van der Waals surface area contributed by atoms with E-state index in [0.29, 0.717) is 0 Å². The Bertz CT molecular complexity index is 1510. The van der Waals surface area contributed by atoms with Crippen LogP contribution in [0.4, 0.5) is 13.2 Å². The van der Waals surface area contributed by atoms with Crippen molar-refractivity contribution in [3.8, 4) is 22.9 Å². The summed E-state index contributed by atoms with van der Waals surface area (Å²) in [7, 11) is 1.49. The lowest BCUT2D eigenvalue weighted by molar-refractivity contribution is -0.275. The second-order valence-electron chi connectivity index (χ2n) is 8.27. The van der Waals surface area contributed by atoms with Gasteiger partial charge < -0.3 is 19.1 Å². The van der Waals surface area contributed by atoms with Crippen LogP contribution in [0.5, 0.6) is 11.5 Å². The Morgan fingerprint density at radius 3 is 2.42 bits per heavy atom. The first-order valence-electron chi connectivity index (χ1n) is 10.9. The van der Waals surface area contributed by atoms with E-state index in [4.69, 9.17) is 4.74 Å². The first-order chi connectivity index (χ1) is 16.9.